The van der Waals surface area contributed by atoms with Gasteiger partial charge in [0, 0.05) is 44.2 Å². The number of anilines is 2. The van der Waals surface area contributed by atoms with E-state index in [0.29, 0.717) is 44.0 Å². The smallest absolute Gasteiger partial charge is 0.254 e. The quantitative estimate of drug-likeness (QED) is 0.424. The van der Waals surface area contributed by atoms with Gasteiger partial charge in [0.1, 0.15) is 0 Å². The molecule has 10 nitrogen and oxygen atoms in total. The Kier molecular flexibility index (Phi) is 7.32. The first-order valence-electron chi connectivity index (χ1n) is 11.4. The van der Waals surface area contributed by atoms with E-state index < -0.39 is 10.0 Å². The van der Waals surface area contributed by atoms with Crippen LogP contribution in [0, 0.1) is 0 Å². The van der Waals surface area contributed by atoms with Crippen molar-refractivity contribution in [2.75, 3.05) is 36.1 Å². The largest absolute Gasteiger partial charge is 0.381 e. The Morgan fingerprint density at radius 1 is 1.18 bits per heavy atom. The maximum absolute atomic E-state index is 13.1. The number of benzene rings is 1. The first kappa shape index (κ1) is 24.0. The minimum atomic E-state index is -3.31. The zero-order valence-corrected chi connectivity index (χ0v) is 20.2. The van der Waals surface area contributed by atoms with Gasteiger partial charge in [0.15, 0.2) is 5.65 Å². The average molecular weight is 487 g/mol. The number of fused-ring (bicyclic) bond motifs is 1. The minimum absolute atomic E-state index is 0.205. The fraction of sp³-hybridized carbons (Fsp3) is 0.435. The molecular weight excluding hydrogens is 456 g/mol. The summed E-state index contributed by atoms with van der Waals surface area (Å²) in [6, 6.07) is 7.30. The van der Waals surface area contributed by atoms with Gasteiger partial charge in [0.05, 0.1) is 29.1 Å². The highest BCUT2D eigenvalue weighted by Crippen LogP contribution is 2.28. The summed E-state index contributed by atoms with van der Waals surface area (Å²) in [5, 5.41) is 11.8. The molecule has 2 aromatic heterocycles. The number of hydrogen-bond donors (Lipinski definition) is 3. The van der Waals surface area contributed by atoms with Crippen LogP contribution in [-0.2, 0) is 27.7 Å². The molecule has 0 aliphatic carbocycles. The van der Waals surface area contributed by atoms with Crippen molar-refractivity contribution < 1.29 is 17.9 Å². The maximum Gasteiger partial charge on any atom is 0.254 e. The van der Waals surface area contributed by atoms with Crippen LogP contribution in [0.25, 0.3) is 11.0 Å². The van der Waals surface area contributed by atoms with Crippen LogP contribution >= 0.6 is 0 Å². The Hall–Kier alpha value is -3.18. The molecule has 34 heavy (non-hydrogen) atoms. The predicted octanol–water partition coefficient (Wildman–Crippen LogP) is 2.39. The Morgan fingerprint density at radius 2 is 1.91 bits per heavy atom. The lowest BCUT2D eigenvalue weighted by Gasteiger charge is -2.25. The lowest BCUT2D eigenvalue weighted by atomic mass is 10.1. The summed E-state index contributed by atoms with van der Waals surface area (Å²) in [5.74, 6) is -0.205. The molecule has 1 amide bonds. The zero-order chi connectivity index (χ0) is 24.1. The summed E-state index contributed by atoms with van der Waals surface area (Å²) in [6.45, 7) is 4.52. The molecular formula is C23H30N6O4S. The van der Waals surface area contributed by atoms with Crippen LogP contribution < -0.4 is 15.4 Å². The molecule has 11 heteroatoms. The first-order valence-corrected chi connectivity index (χ1v) is 13.3. The Morgan fingerprint density at radius 3 is 2.59 bits per heavy atom. The standard InChI is InChI=1S/C23H30N6O4S/c1-3-29-22-19(15-26-29)21(27-17-9-12-33-13-10-17)20(14-25-22)23(30)24-11-8-16-4-6-18(7-5-16)28-34(2,31)32/h4-7,14-15,17,28H,3,8-13H2,1-2H3,(H,24,30)(H,25,27). The van der Waals surface area contributed by atoms with E-state index in [-0.39, 0.29) is 11.9 Å². The lowest BCUT2D eigenvalue weighted by Crippen LogP contribution is -2.31. The van der Waals surface area contributed by atoms with Gasteiger partial charge in [0.25, 0.3) is 5.91 Å². The molecule has 0 saturated carbocycles. The third-order valence-electron chi connectivity index (χ3n) is 5.74. The molecule has 0 spiro atoms. The van der Waals surface area contributed by atoms with Crippen LogP contribution in [0.4, 0.5) is 11.4 Å². The molecule has 0 unspecified atom stereocenters. The molecule has 1 saturated heterocycles. The molecule has 0 radical (unpaired) electrons. The predicted molar refractivity (Wildman–Crippen MR) is 132 cm³/mol. The van der Waals surface area contributed by atoms with E-state index >= 15 is 0 Å². The van der Waals surface area contributed by atoms with Gasteiger partial charge in [0.2, 0.25) is 10.0 Å². The number of rotatable bonds is 9. The highest BCUT2D eigenvalue weighted by Gasteiger charge is 2.22. The summed E-state index contributed by atoms with van der Waals surface area (Å²) < 4.78 is 32.4. The fourth-order valence-corrected chi connectivity index (χ4v) is 4.57. The van der Waals surface area contributed by atoms with E-state index in [9.17, 15) is 13.2 Å². The van der Waals surface area contributed by atoms with Crippen molar-refractivity contribution in [3.63, 3.8) is 0 Å². The normalized spacial score (nSPS) is 14.8. The number of aryl methyl sites for hydroxylation is 1. The number of amides is 1. The molecule has 0 atom stereocenters. The highest BCUT2D eigenvalue weighted by molar-refractivity contribution is 7.92. The van der Waals surface area contributed by atoms with Gasteiger partial charge >= 0.3 is 0 Å². The SMILES string of the molecule is CCn1ncc2c(NC3CCOCC3)c(C(=O)NCCc3ccc(NS(C)(=O)=O)cc3)cnc21. The molecule has 3 aromatic rings. The minimum Gasteiger partial charge on any atom is -0.381 e. The molecule has 182 valence electrons. The summed E-state index contributed by atoms with van der Waals surface area (Å²) in [6.07, 6.45) is 6.83. The van der Waals surface area contributed by atoms with Gasteiger partial charge < -0.3 is 15.4 Å². The van der Waals surface area contributed by atoms with Gasteiger partial charge in [-0.1, -0.05) is 12.1 Å². The maximum atomic E-state index is 13.1. The number of hydrogen-bond acceptors (Lipinski definition) is 7. The van der Waals surface area contributed by atoms with Crippen molar-refractivity contribution in [3.05, 3.63) is 47.8 Å². The van der Waals surface area contributed by atoms with E-state index in [1.807, 2.05) is 23.7 Å². The van der Waals surface area contributed by atoms with Crippen molar-refractivity contribution >= 4 is 38.3 Å². The van der Waals surface area contributed by atoms with Crippen LogP contribution in [0.3, 0.4) is 0 Å². The van der Waals surface area contributed by atoms with Gasteiger partial charge in [-0.05, 0) is 43.9 Å². The average Bonchev–Trinajstić information content (AvgIpc) is 3.24. The number of carbonyl (C=O) groups is 1. The van der Waals surface area contributed by atoms with E-state index in [4.69, 9.17) is 4.74 Å². The molecule has 0 bridgehead atoms. The lowest BCUT2D eigenvalue weighted by molar-refractivity contribution is 0.0904. The Bertz CT molecular complexity index is 1250. The second-order valence-electron chi connectivity index (χ2n) is 8.35. The van der Waals surface area contributed by atoms with Crippen molar-refractivity contribution in [3.8, 4) is 0 Å². The van der Waals surface area contributed by atoms with Gasteiger partial charge in [-0.25, -0.2) is 18.1 Å². The second-order valence-corrected chi connectivity index (χ2v) is 10.1. The number of aromatic nitrogens is 3. The number of carbonyl (C=O) groups excluding carboxylic acids is 1. The van der Waals surface area contributed by atoms with Gasteiger partial charge in [-0.15, -0.1) is 0 Å². The van der Waals surface area contributed by atoms with Gasteiger partial charge in [-0.3, -0.25) is 9.52 Å². The van der Waals surface area contributed by atoms with Crippen LogP contribution in [0.15, 0.2) is 36.7 Å². The molecule has 1 fully saturated rings. The van der Waals surface area contributed by atoms with E-state index in [1.54, 1.807) is 24.5 Å². The topological polar surface area (TPSA) is 127 Å². The summed E-state index contributed by atoms with van der Waals surface area (Å²) >= 11 is 0. The summed E-state index contributed by atoms with van der Waals surface area (Å²) in [5.41, 5.74) is 3.48. The van der Waals surface area contributed by atoms with Crippen LogP contribution in [0.2, 0.25) is 0 Å². The third-order valence-corrected chi connectivity index (χ3v) is 6.34. The molecule has 1 aliphatic heterocycles. The number of pyridine rings is 1. The number of sulfonamides is 1. The van der Waals surface area contributed by atoms with Crippen LogP contribution in [-0.4, -0.2) is 61.1 Å². The second kappa shape index (κ2) is 10.4. The highest BCUT2D eigenvalue weighted by atomic mass is 32.2. The number of nitrogens with zero attached hydrogens (tertiary/aromatic N) is 3. The monoisotopic (exact) mass is 486 g/mol. The molecule has 1 aliphatic rings. The van der Waals surface area contributed by atoms with Crippen molar-refractivity contribution in [2.24, 2.45) is 0 Å². The number of nitrogens with one attached hydrogen (secondary N) is 3. The van der Waals surface area contributed by atoms with E-state index in [2.05, 4.69) is 25.4 Å². The third kappa shape index (κ3) is 5.84. The van der Waals surface area contributed by atoms with E-state index in [0.717, 1.165) is 41.4 Å². The number of ether oxygens (including phenoxy) is 1. The molecule has 4 rings (SSSR count). The van der Waals surface area contributed by atoms with Crippen molar-refractivity contribution in [2.45, 2.75) is 38.8 Å². The zero-order valence-electron chi connectivity index (χ0n) is 19.4. The Labute approximate surface area is 199 Å². The van der Waals surface area contributed by atoms with Crippen LogP contribution in [0.5, 0.6) is 0 Å². The first-order chi connectivity index (χ1) is 16.3. The molecule has 1 aromatic carbocycles. The van der Waals surface area contributed by atoms with E-state index in [1.165, 1.54) is 0 Å². The van der Waals surface area contributed by atoms with Crippen LogP contribution in [0.1, 0.15) is 35.7 Å². The molecule has 3 heterocycles. The Balaban J connectivity index is 1.46. The van der Waals surface area contributed by atoms with Crippen molar-refractivity contribution in [1.82, 2.24) is 20.1 Å². The fourth-order valence-electron chi connectivity index (χ4n) is 4.00. The van der Waals surface area contributed by atoms with Gasteiger partial charge in [-0.2, -0.15) is 5.10 Å². The van der Waals surface area contributed by atoms with Crippen molar-refractivity contribution in [1.29, 1.82) is 0 Å². The summed E-state index contributed by atoms with van der Waals surface area (Å²) in [4.78, 5) is 17.6. The molecule has 3 N–H and O–H groups in total. The summed E-state index contributed by atoms with van der Waals surface area (Å²) in [7, 11) is -3.31.